The maximum atomic E-state index is 11.7. The summed E-state index contributed by atoms with van der Waals surface area (Å²) in [4.78, 5) is 11.5. The van der Waals surface area contributed by atoms with Crippen LogP contribution in [0.25, 0.3) is 0 Å². The average molecular weight is 277 g/mol. The summed E-state index contributed by atoms with van der Waals surface area (Å²) in [6.45, 7) is 3.12. The maximum absolute atomic E-state index is 11.7. The summed E-state index contributed by atoms with van der Waals surface area (Å²) >= 11 is 5.97. The van der Waals surface area contributed by atoms with Crippen molar-refractivity contribution in [3.05, 3.63) is 28.3 Å². The molecule has 0 atom stereocenters. The molecule has 0 aliphatic heterocycles. The van der Waals surface area contributed by atoms with E-state index in [1.807, 2.05) is 0 Å². The van der Waals surface area contributed by atoms with Crippen molar-refractivity contribution in [3.63, 3.8) is 0 Å². The van der Waals surface area contributed by atoms with Gasteiger partial charge in [-0.3, -0.25) is 0 Å². The van der Waals surface area contributed by atoms with Crippen molar-refractivity contribution in [1.29, 1.82) is 0 Å². The zero-order chi connectivity index (χ0) is 13.2. The van der Waals surface area contributed by atoms with Gasteiger partial charge in [0.25, 0.3) is 0 Å². The van der Waals surface area contributed by atoms with Crippen LogP contribution >= 0.6 is 11.6 Å². The molecular weight excluding hydrogens is 264 g/mol. The number of sulfone groups is 1. The number of hydrogen-bond acceptors (Lipinski definition) is 4. The van der Waals surface area contributed by atoms with Gasteiger partial charge in [0, 0.05) is 0 Å². The molecule has 0 aliphatic rings. The molecule has 0 saturated heterocycles. The summed E-state index contributed by atoms with van der Waals surface area (Å²) in [7, 11) is -2.10. The van der Waals surface area contributed by atoms with Gasteiger partial charge in [-0.1, -0.05) is 18.5 Å². The number of methoxy groups -OCH3 is 1. The van der Waals surface area contributed by atoms with Gasteiger partial charge in [0.15, 0.2) is 9.84 Å². The molecule has 1 aromatic rings. The van der Waals surface area contributed by atoms with Crippen LogP contribution in [0, 0.1) is 6.92 Å². The first-order valence-electron chi connectivity index (χ1n) is 4.95. The Hall–Kier alpha value is -1.07. The molecule has 0 bridgehead atoms. The van der Waals surface area contributed by atoms with E-state index in [9.17, 15) is 13.2 Å². The lowest BCUT2D eigenvalue weighted by Crippen LogP contribution is -2.09. The largest absolute Gasteiger partial charge is 0.465 e. The lowest BCUT2D eigenvalue weighted by Gasteiger charge is -2.10. The van der Waals surface area contributed by atoms with Crippen LogP contribution in [-0.4, -0.2) is 27.2 Å². The van der Waals surface area contributed by atoms with Crippen LogP contribution in [0.5, 0.6) is 0 Å². The smallest absolute Gasteiger partial charge is 0.339 e. The van der Waals surface area contributed by atoms with Crippen molar-refractivity contribution >= 4 is 27.4 Å². The molecular formula is C11H13ClO4S. The number of hydrogen-bond donors (Lipinski definition) is 0. The maximum Gasteiger partial charge on any atom is 0.339 e. The fourth-order valence-electron chi connectivity index (χ4n) is 1.43. The van der Waals surface area contributed by atoms with Crippen molar-refractivity contribution < 1.29 is 17.9 Å². The van der Waals surface area contributed by atoms with Gasteiger partial charge in [-0.05, 0) is 24.6 Å². The molecule has 0 heterocycles. The van der Waals surface area contributed by atoms with E-state index in [2.05, 4.69) is 4.74 Å². The number of ether oxygens (including phenoxy) is 1. The third kappa shape index (κ3) is 2.61. The lowest BCUT2D eigenvalue weighted by atomic mass is 10.1. The van der Waals surface area contributed by atoms with E-state index in [0.29, 0.717) is 5.56 Å². The van der Waals surface area contributed by atoms with Crippen LogP contribution in [0.4, 0.5) is 0 Å². The second kappa shape index (κ2) is 5.06. The number of halogens is 1. The molecule has 0 amide bonds. The first-order chi connectivity index (χ1) is 7.85. The van der Waals surface area contributed by atoms with Crippen LogP contribution in [-0.2, 0) is 14.6 Å². The van der Waals surface area contributed by atoms with Gasteiger partial charge in [-0.25, -0.2) is 13.2 Å². The van der Waals surface area contributed by atoms with Gasteiger partial charge in [0.05, 0.1) is 28.3 Å². The summed E-state index contributed by atoms with van der Waals surface area (Å²) < 4.78 is 28.1. The number of carbonyl (C=O) groups is 1. The number of carbonyl (C=O) groups excluding carboxylic acids is 1. The quantitative estimate of drug-likeness (QED) is 0.794. The summed E-state index contributed by atoms with van der Waals surface area (Å²) in [6.07, 6.45) is 0. The fraction of sp³-hybridized carbons (Fsp3) is 0.364. The Morgan fingerprint density at radius 2 is 2.00 bits per heavy atom. The van der Waals surface area contributed by atoms with Crippen molar-refractivity contribution in [1.82, 2.24) is 0 Å². The first-order valence-corrected chi connectivity index (χ1v) is 6.98. The van der Waals surface area contributed by atoms with Crippen LogP contribution in [0.1, 0.15) is 22.8 Å². The van der Waals surface area contributed by atoms with E-state index in [4.69, 9.17) is 11.6 Å². The molecule has 17 heavy (non-hydrogen) atoms. The Morgan fingerprint density at radius 1 is 1.41 bits per heavy atom. The van der Waals surface area contributed by atoms with E-state index < -0.39 is 15.8 Å². The number of benzene rings is 1. The highest BCUT2D eigenvalue weighted by molar-refractivity contribution is 7.91. The van der Waals surface area contributed by atoms with Gasteiger partial charge in [-0.15, -0.1) is 0 Å². The summed E-state index contributed by atoms with van der Waals surface area (Å²) in [5, 5.41) is 0.117. The molecule has 0 unspecified atom stereocenters. The molecule has 6 heteroatoms. The van der Waals surface area contributed by atoms with E-state index in [-0.39, 0.29) is 21.2 Å². The second-order valence-electron chi connectivity index (χ2n) is 3.45. The minimum Gasteiger partial charge on any atom is -0.465 e. The average Bonchev–Trinajstić information content (AvgIpc) is 2.31. The summed E-state index contributed by atoms with van der Waals surface area (Å²) in [6, 6.07) is 2.75. The zero-order valence-electron chi connectivity index (χ0n) is 9.78. The first kappa shape index (κ1) is 14.0. The predicted molar refractivity (Wildman–Crippen MR) is 65.3 cm³/mol. The Labute approximate surface area is 105 Å². The fourth-order valence-corrected chi connectivity index (χ4v) is 2.88. The highest BCUT2D eigenvalue weighted by Crippen LogP contribution is 2.28. The zero-order valence-corrected chi connectivity index (χ0v) is 11.4. The molecule has 1 rings (SSSR count). The van der Waals surface area contributed by atoms with Crippen molar-refractivity contribution in [2.45, 2.75) is 18.7 Å². The SMILES string of the molecule is CCS(=O)(=O)c1ccc(C(=O)OC)c(Cl)c1C. The molecule has 0 aliphatic carbocycles. The Balaban J connectivity index is 3.45. The van der Waals surface area contributed by atoms with Gasteiger partial charge >= 0.3 is 5.97 Å². The Kier molecular flexibility index (Phi) is 4.16. The van der Waals surface area contributed by atoms with E-state index in [0.717, 1.165) is 0 Å². The molecule has 0 spiro atoms. The van der Waals surface area contributed by atoms with E-state index >= 15 is 0 Å². The van der Waals surface area contributed by atoms with Gasteiger partial charge in [-0.2, -0.15) is 0 Å². The second-order valence-corrected chi connectivity index (χ2v) is 6.07. The topological polar surface area (TPSA) is 60.4 Å². The van der Waals surface area contributed by atoms with Crippen LogP contribution < -0.4 is 0 Å². The summed E-state index contributed by atoms with van der Waals surface area (Å²) in [5.41, 5.74) is 0.540. The van der Waals surface area contributed by atoms with E-state index in [1.54, 1.807) is 13.8 Å². The highest BCUT2D eigenvalue weighted by Gasteiger charge is 2.20. The molecule has 0 fully saturated rings. The van der Waals surface area contributed by atoms with Crippen molar-refractivity contribution in [2.75, 3.05) is 12.9 Å². The molecule has 0 saturated carbocycles. The summed E-state index contributed by atoms with van der Waals surface area (Å²) in [5.74, 6) is -0.597. The molecule has 4 nitrogen and oxygen atoms in total. The highest BCUT2D eigenvalue weighted by atomic mass is 35.5. The Bertz CT molecular complexity index is 549. The molecule has 1 aromatic carbocycles. The molecule has 94 valence electrons. The minimum absolute atomic E-state index is 0.0122. The van der Waals surface area contributed by atoms with Crippen LogP contribution in [0.15, 0.2) is 17.0 Å². The van der Waals surface area contributed by atoms with Crippen molar-refractivity contribution in [2.24, 2.45) is 0 Å². The lowest BCUT2D eigenvalue weighted by molar-refractivity contribution is 0.0600. The van der Waals surface area contributed by atoms with Gasteiger partial charge in [0.1, 0.15) is 0 Å². The van der Waals surface area contributed by atoms with Gasteiger partial charge in [0.2, 0.25) is 0 Å². The normalized spacial score (nSPS) is 11.3. The molecule has 0 N–H and O–H groups in total. The number of rotatable bonds is 3. The van der Waals surface area contributed by atoms with Crippen LogP contribution in [0.2, 0.25) is 5.02 Å². The number of esters is 1. The third-order valence-electron chi connectivity index (χ3n) is 2.46. The molecule has 0 radical (unpaired) electrons. The monoisotopic (exact) mass is 276 g/mol. The standard InChI is InChI=1S/C11H13ClO4S/c1-4-17(14,15)9-6-5-8(11(13)16-3)10(12)7(9)2/h5-6H,4H2,1-3H3. The third-order valence-corrected chi connectivity index (χ3v) is 4.82. The van der Waals surface area contributed by atoms with Gasteiger partial charge < -0.3 is 4.74 Å². The van der Waals surface area contributed by atoms with E-state index in [1.165, 1.54) is 19.2 Å². The van der Waals surface area contributed by atoms with Crippen LogP contribution in [0.3, 0.4) is 0 Å². The Morgan fingerprint density at radius 3 is 2.47 bits per heavy atom. The molecule has 0 aromatic heterocycles. The predicted octanol–water partition coefficient (Wildman–Crippen LogP) is 2.23. The van der Waals surface area contributed by atoms with Crippen molar-refractivity contribution in [3.8, 4) is 0 Å². The minimum atomic E-state index is -3.34.